The first kappa shape index (κ1) is 15.5. The first-order chi connectivity index (χ1) is 9.34. The fourth-order valence-corrected chi connectivity index (χ4v) is 4.55. The summed E-state index contributed by atoms with van der Waals surface area (Å²) in [5.74, 6) is 1.18. The number of furan rings is 1. The number of nitrogens with one attached hydrogen (secondary N) is 1. The van der Waals surface area contributed by atoms with Crippen molar-refractivity contribution in [3.8, 4) is 0 Å². The molecule has 6 heteroatoms. The summed E-state index contributed by atoms with van der Waals surface area (Å²) in [6.45, 7) is 9.38. The van der Waals surface area contributed by atoms with E-state index in [1.807, 2.05) is 20.8 Å². The van der Waals surface area contributed by atoms with Crippen molar-refractivity contribution >= 4 is 10.0 Å². The Labute approximate surface area is 121 Å². The summed E-state index contributed by atoms with van der Waals surface area (Å²) in [6.07, 6.45) is 1.88. The van der Waals surface area contributed by atoms with Crippen LogP contribution in [0.25, 0.3) is 0 Å². The molecule has 114 valence electrons. The lowest BCUT2D eigenvalue weighted by Gasteiger charge is -2.17. The molecule has 1 N–H and O–H groups in total. The highest BCUT2D eigenvalue weighted by Crippen LogP contribution is 2.30. The largest absolute Gasteiger partial charge is 0.465 e. The van der Waals surface area contributed by atoms with Gasteiger partial charge in [0.15, 0.2) is 0 Å². The van der Waals surface area contributed by atoms with Crippen LogP contribution in [0.5, 0.6) is 0 Å². The molecule has 1 fully saturated rings. The summed E-state index contributed by atoms with van der Waals surface area (Å²) in [5.41, 5.74) is 0.767. The van der Waals surface area contributed by atoms with Crippen LogP contribution in [0.1, 0.15) is 43.8 Å². The minimum atomic E-state index is -3.43. The van der Waals surface area contributed by atoms with Crippen molar-refractivity contribution in [1.82, 2.24) is 9.62 Å². The van der Waals surface area contributed by atoms with Crippen LogP contribution in [-0.4, -0.2) is 31.9 Å². The Balaban J connectivity index is 2.39. The summed E-state index contributed by atoms with van der Waals surface area (Å²) in [7, 11) is -3.43. The van der Waals surface area contributed by atoms with Gasteiger partial charge in [0, 0.05) is 31.2 Å². The highest BCUT2D eigenvalue weighted by molar-refractivity contribution is 7.89. The van der Waals surface area contributed by atoms with E-state index in [0.29, 0.717) is 42.1 Å². The molecule has 0 spiro atoms. The van der Waals surface area contributed by atoms with Crippen LogP contribution in [0.15, 0.2) is 9.31 Å². The van der Waals surface area contributed by atoms with E-state index in [0.717, 1.165) is 18.4 Å². The Morgan fingerprint density at radius 1 is 1.20 bits per heavy atom. The monoisotopic (exact) mass is 300 g/mol. The molecule has 20 heavy (non-hydrogen) atoms. The van der Waals surface area contributed by atoms with Gasteiger partial charge >= 0.3 is 0 Å². The van der Waals surface area contributed by atoms with Gasteiger partial charge in [-0.05, 0) is 26.7 Å². The first-order valence-electron chi connectivity index (χ1n) is 7.16. The number of nitrogens with zero attached hydrogens (tertiary/aromatic N) is 1. The van der Waals surface area contributed by atoms with Gasteiger partial charge < -0.3 is 9.73 Å². The van der Waals surface area contributed by atoms with Crippen molar-refractivity contribution in [1.29, 1.82) is 0 Å². The second kappa shape index (κ2) is 5.87. The Kier molecular flexibility index (Phi) is 4.56. The number of rotatable bonds is 5. The molecule has 2 rings (SSSR count). The summed E-state index contributed by atoms with van der Waals surface area (Å²) in [4.78, 5) is 0.366. The fourth-order valence-electron chi connectivity index (χ4n) is 2.62. The normalized spacial score (nSPS) is 17.2. The van der Waals surface area contributed by atoms with Gasteiger partial charge in [0.1, 0.15) is 16.4 Å². The van der Waals surface area contributed by atoms with Crippen LogP contribution in [-0.2, 0) is 16.6 Å². The van der Waals surface area contributed by atoms with Gasteiger partial charge in [0.05, 0.1) is 0 Å². The van der Waals surface area contributed by atoms with E-state index in [4.69, 9.17) is 4.42 Å². The lowest BCUT2D eigenvalue weighted by Crippen LogP contribution is -2.30. The number of sulfonamides is 1. The molecule has 0 saturated carbocycles. The smallest absolute Gasteiger partial charge is 0.246 e. The molecule has 0 bridgehead atoms. The second-order valence-electron chi connectivity index (χ2n) is 5.67. The molecule has 1 aromatic heterocycles. The van der Waals surface area contributed by atoms with Crippen molar-refractivity contribution in [2.24, 2.45) is 0 Å². The third-order valence-electron chi connectivity index (χ3n) is 3.67. The Morgan fingerprint density at radius 2 is 1.80 bits per heavy atom. The van der Waals surface area contributed by atoms with Crippen LogP contribution in [0.4, 0.5) is 0 Å². The second-order valence-corrected chi connectivity index (χ2v) is 7.54. The van der Waals surface area contributed by atoms with E-state index < -0.39 is 10.0 Å². The van der Waals surface area contributed by atoms with Crippen molar-refractivity contribution in [2.75, 3.05) is 13.1 Å². The Hall–Kier alpha value is -0.850. The summed E-state index contributed by atoms with van der Waals surface area (Å²) in [6, 6.07) is 0.298. The highest BCUT2D eigenvalue weighted by Gasteiger charge is 2.33. The maximum atomic E-state index is 12.8. The van der Waals surface area contributed by atoms with E-state index in [-0.39, 0.29) is 0 Å². The summed E-state index contributed by atoms with van der Waals surface area (Å²) in [5, 5.41) is 3.28. The van der Waals surface area contributed by atoms with E-state index in [1.54, 1.807) is 11.2 Å². The van der Waals surface area contributed by atoms with Crippen LogP contribution < -0.4 is 5.32 Å². The molecule has 0 aromatic carbocycles. The van der Waals surface area contributed by atoms with Gasteiger partial charge in [-0.25, -0.2) is 8.42 Å². The quantitative estimate of drug-likeness (QED) is 0.905. The lowest BCUT2D eigenvalue weighted by atomic mass is 10.2. The molecule has 1 aromatic rings. The molecule has 1 saturated heterocycles. The molecule has 1 aliphatic rings. The van der Waals surface area contributed by atoms with E-state index in [1.165, 1.54) is 0 Å². The number of hydrogen-bond donors (Lipinski definition) is 1. The maximum absolute atomic E-state index is 12.8. The standard InChI is InChI=1S/C14H24N2O3S/c1-10(2)15-9-13-11(3)19-12(4)14(13)20(17,18)16-7-5-6-8-16/h10,15H,5-9H2,1-4H3. The number of aryl methyl sites for hydroxylation is 2. The molecule has 0 amide bonds. The third kappa shape index (κ3) is 2.92. The van der Waals surface area contributed by atoms with Gasteiger partial charge in [0.25, 0.3) is 0 Å². The van der Waals surface area contributed by atoms with E-state index >= 15 is 0 Å². The topological polar surface area (TPSA) is 62.6 Å². The van der Waals surface area contributed by atoms with Gasteiger partial charge in [-0.15, -0.1) is 0 Å². The van der Waals surface area contributed by atoms with Crippen molar-refractivity contribution in [3.63, 3.8) is 0 Å². The number of hydrogen-bond acceptors (Lipinski definition) is 4. The maximum Gasteiger partial charge on any atom is 0.246 e. The minimum Gasteiger partial charge on any atom is -0.465 e. The molecule has 2 heterocycles. The molecule has 0 aliphatic carbocycles. The van der Waals surface area contributed by atoms with Gasteiger partial charge in [-0.3, -0.25) is 0 Å². The zero-order valence-electron chi connectivity index (χ0n) is 12.7. The van der Waals surface area contributed by atoms with Crippen LogP contribution in [0.2, 0.25) is 0 Å². The van der Waals surface area contributed by atoms with Crippen LogP contribution in [0.3, 0.4) is 0 Å². The van der Waals surface area contributed by atoms with Crippen LogP contribution in [0, 0.1) is 13.8 Å². The average Bonchev–Trinajstić information content (AvgIpc) is 2.94. The lowest BCUT2D eigenvalue weighted by molar-refractivity contribution is 0.468. The zero-order valence-corrected chi connectivity index (χ0v) is 13.5. The van der Waals surface area contributed by atoms with Gasteiger partial charge in [-0.1, -0.05) is 13.8 Å². The molecule has 5 nitrogen and oxygen atoms in total. The van der Waals surface area contributed by atoms with Crippen molar-refractivity contribution in [3.05, 3.63) is 17.1 Å². The van der Waals surface area contributed by atoms with Gasteiger partial charge in [0.2, 0.25) is 10.0 Å². The van der Waals surface area contributed by atoms with Crippen LogP contribution >= 0.6 is 0 Å². The molecular weight excluding hydrogens is 276 g/mol. The highest BCUT2D eigenvalue weighted by atomic mass is 32.2. The Morgan fingerprint density at radius 3 is 2.35 bits per heavy atom. The summed E-state index contributed by atoms with van der Waals surface area (Å²) >= 11 is 0. The molecule has 0 atom stereocenters. The third-order valence-corrected chi connectivity index (χ3v) is 5.77. The predicted octanol–water partition coefficient (Wildman–Crippen LogP) is 2.18. The van der Waals surface area contributed by atoms with E-state index in [2.05, 4.69) is 5.32 Å². The first-order valence-corrected chi connectivity index (χ1v) is 8.60. The SMILES string of the molecule is Cc1oc(C)c(S(=O)(=O)N2CCCC2)c1CNC(C)C. The average molecular weight is 300 g/mol. The van der Waals surface area contributed by atoms with Crippen molar-refractivity contribution in [2.45, 2.75) is 58.0 Å². The summed E-state index contributed by atoms with van der Waals surface area (Å²) < 4.78 is 32.7. The molecule has 0 radical (unpaired) electrons. The van der Waals surface area contributed by atoms with Crippen molar-refractivity contribution < 1.29 is 12.8 Å². The predicted molar refractivity (Wildman–Crippen MR) is 78.2 cm³/mol. The van der Waals surface area contributed by atoms with E-state index in [9.17, 15) is 8.42 Å². The zero-order chi connectivity index (χ0) is 14.9. The molecule has 0 unspecified atom stereocenters. The minimum absolute atomic E-state index is 0.298. The Bertz CT molecular complexity index is 569. The van der Waals surface area contributed by atoms with Gasteiger partial charge in [-0.2, -0.15) is 4.31 Å². The fraction of sp³-hybridized carbons (Fsp3) is 0.714. The molecule has 1 aliphatic heterocycles. The molecular formula is C14H24N2O3S.